The van der Waals surface area contributed by atoms with Gasteiger partial charge in [-0.25, -0.2) is 9.97 Å². The fraction of sp³-hybridized carbons (Fsp3) is 0.353. The van der Waals surface area contributed by atoms with Gasteiger partial charge in [-0.3, -0.25) is 0 Å². The first-order chi connectivity index (χ1) is 11.0. The third kappa shape index (κ3) is 4.60. The van der Waals surface area contributed by atoms with Crippen molar-refractivity contribution in [1.82, 2.24) is 9.97 Å². The summed E-state index contributed by atoms with van der Waals surface area (Å²) < 4.78 is 5.75. The maximum absolute atomic E-state index is 9.29. The van der Waals surface area contributed by atoms with Gasteiger partial charge in [0.25, 0.3) is 0 Å². The van der Waals surface area contributed by atoms with E-state index in [0.717, 1.165) is 17.7 Å². The highest BCUT2D eigenvalue weighted by Crippen LogP contribution is 2.25. The Morgan fingerprint density at radius 2 is 2.17 bits per heavy atom. The van der Waals surface area contributed by atoms with Crippen LogP contribution in [0.15, 0.2) is 29.4 Å². The summed E-state index contributed by atoms with van der Waals surface area (Å²) in [5.41, 5.74) is 7.81. The van der Waals surface area contributed by atoms with Gasteiger partial charge in [-0.1, -0.05) is 37.7 Å². The summed E-state index contributed by atoms with van der Waals surface area (Å²) in [7, 11) is 0. The number of nitriles is 1. The van der Waals surface area contributed by atoms with E-state index in [1.807, 2.05) is 31.2 Å². The van der Waals surface area contributed by atoms with Crippen LogP contribution < -0.4 is 10.5 Å². The molecule has 0 saturated heterocycles. The summed E-state index contributed by atoms with van der Waals surface area (Å²) >= 11 is 1.55. The van der Waals surface area contributed by atoms with Crippen LogP contribution in [0.3, 0.4) is 0 Å². The molecule has 120 valence electrons. The quantitative estimate of drug-likeness (QED) is 0.643. The van der Waals surface area contributed by atoms with Crippen molar-refractivity contribution in [2.24, 2.45) is 0 Å². The molecule has 0 bridgehead atoms. The van der Waals surface area contributed by atoms with Gasteiger partial charge < -0.3 is 10.5 Å². The predicted molar refractivity (Wildman–Crippen MR) is 92.3 cm³/mol. The lowest BCUT2D eigenvalue weighted by Gasteiger charge is -2.12. The molecule has 0 radical (unpaired) electrons. The Balaban J connectivity index is 2.23. The normalized spacial score (nSPS) is 11.7. The average Bonchev–Trinajstić information content (AvgIpc) is 2.52. The van der Waals surface area contributed by atoms with Crippen molar-refractivity contribution in [2.75, 3.05) is 5.73 Å². The van der Waals surface area contributed by atoms with E-state index in [9.17, 15) is 5.26 Å². The van der Waals surface area contributed by atoms with E-state index in [1.54, 1.807) is 11.8 Å². The van der Waals surface area contributed by atoms with E-state index in [2.05, 4.69) is 29.9 Å². The van der Waals surface area contributed by atoms with Crippen molar-refractivity contribution in [1.29, 1.82) is 5.26 Å². The molecule has 1 aromatic heterocycles. The van der Waals surface area contributed by atoms with Crippen LogP contribution in [0, 0.1) is 18.3 Å². The monoisotopic (exact) mass is 328 g/mol. The number of nitrogens with zero attached hydrogens (tertiary/aromatic N) is 3. The minimum atomic E-state index is 0.188. The number of rotatable bonds is 6. The molecule has 0 spiro atoms. The number of hydrogen-bond acceptors (Lipinski definition) is 6. The number of benzene rings is 1. The lowest BCUT2D eigenvalue weighted by Crippen LogP contribution is -2.09. The van der Waals surface area contributed by atoms with E-state index in [1.165, 1.54) is 0 Å². The van der Waals surface area contributed by atoms with E-state index >= 15 is 0 Å². The zero-order valence-electron chi connectivity index (χ0n) is 13.5. The van der Waals surface area contributed by atoms with Gasteiger partial charge >= 0.3 is 0 Å². The third-order valence-corrected chi connectivity index (χ3v) is 4.48. The standard InChI is InChI=1S/C17H20N4OS/c1-4-12(3)23-17-20-15(14(9-18)16(19)21-17)10-22-13-7-5-6-11(2)8-13/h5-8,12H,4,10H2,1-3H3,(H2,19,20,21)/t12-/m1/s1. The summed E-state index contributed by atoms with van der Waals surface area (Å²) in [4.78, 5) is 8.67. The Morgan fingerprint density at radius 1 is 1.39 bits per heavy atom. The fourth-order valence-corrected chi connectivity index (χ4v) is 2.74. The van der Waals surface area contributed by atoms with Crippen LogP contribution in [-0.2, 0) is 6.61 Å². The average molecular weight is 328 g/mol. The first-order valence-corrected chi connectivity index (χ1v) is 8.34. The molecule has 2 rings (SSSR count). The van der Waals surface area contributed by atoms with Crippen LogP contribution in [0.4, 0.5) is 5.82 Å². The Hall–Kier alpha value is -2.26. The lowest BCUT2D eigenvalue weighted by molar-refractivity contribution is 0.299. The van der Waals surface area contributed by atoms with Crippen LogP contribution in [0.25, 0.3) is 0 Å². The number of nitrogens with two attached hydrogens (primary N) is 1. The van der Waals surface area contributed by atoms with E-state index in [0.29, 0.717) is 16.1 Å². The minimum absolute atomic E-state index is 0.188. The largest absolute Gasteiger partial charge is 0.487 e. The van der Waals surface area contributed by atoms with E-state index in [-0.39, 0.29) is 18.0 Å². The summed E-state index contributed by atoms with van der Waals surface area (Å²) in [6.07, 6.45) is 1.00. The first-order valence-electron chi connectivity index (χ1n) is 7.46. The molecule has 0 aliphatic heterocycles. The molecule has 0 amide bonds. The van der Waals surface area contributed by atoms with E-state index < -0.39 is 0 Å². The highest BCUT2D eigenvalue weighted by molar-refractivity contribution is 7.99. The second kappa shape index (κ2) is 7.84. The number of ether oxygens (including phenoxy) is 1. The third-order valence-electron chi connectivity index (χ3n) is 3.35. The van der Waals surface area contributed by atoms with Crippen LogP contribution in [0.2, 0.25) is 0 Å². The number of aromatic nitrogens is 2. The van der Waals surface area contributed by atoms with Gasteiger partial charge in [0.1, 0.15) is 35.5 Å². The molecule has 1 aromatic carbocycles. The number of nitrogen functional groups attached to an aromatic ring is 1. The van der Waals surface area contributed by atoms with Gasteiger partial charge in [0.2, 0.25) is 0 Å². The van der Waals surface area contributed by atoms with Gasteiger partial charge in [-0.05, 0) is 31.0 Å². The summed E-state index contributed by atoms with van der Waals surface area (Å²) in [6, 6.07) is 9.80. The lowest BCUT2D eigenvalue weighted by atomic mass is 10.2. The number of aryl methyl sites for hydroxylation is 1. The van der Waals surface area contributed by atoms with Crippen LogP contribution in [0.1, 0.15) is 37.1 Å². The van der Waals surface area contributed by atoms with Gasteiger partial charge in [0, 0.05) is 5.25 Å². The Morgan fingerprint density at radius 3 is 2.83 bits per heavy atom. The SMILES string of the molecule is CC[C@@H](C)Sc1nc(N)c(C#N)c(COc2cccc(C)c2)n1. The molecule has 0 aliphatic rings. The topological polar surface area (TPSA) is 84.8 Å². The van der Waals surface area contributed by atoms with Crippen molar-refractivity contribution in [3.8, 4) is 11.8 Å². The van der Waals surface area contributed by atoms with Crippen molar-refractivity contribution < 1.29 is 4.74 Å². The Labute approximate surface area is 140 Å². The molecule has 0 fully saturated rings. The maximum atomic E-state index is 9.29. The van der Waals surface area contributed by atoms with Gasteiger partial charge in [0.15, 0.2) is 5.16 Å². The molecule has 2 aromatic rings. The van der Waals surface area contributed by atoms with Crippen LogP contribution in [-0.4, -0.2) is 15.2 Å². The van der Waals surface area contributed by atoms with Crippen LogP contribution >= 0.6 is 11.8 Å². The smallest absolute Gasteiger partial charge is 0.190 e. The highest BCUT2D eigenvalue weighted by Gasteiger charge is 2.15. The number of hydrogen-bond donors (Lipinski definition) is 1. The predicted octanol–water partition coefficient (Wildman–Crippen LogP) is 3.71. The summed E-state index contributed by atoms with van der Waals surface area (Å²) in [5.74, 6) is 0.943. The molecule has 1 atom stereocenters. The summed E-state index contributed by atoms with van der Waals surface area (Å²) in [5, 5.41) is 10.3. The molecule has 23 heavy (non-hydrogen) atoms. The van der Waals surface area contributed by atoms with Gasteiger partial charge in [0.05, 0.1) is 0 Å². The Bertz CT molecular complexity index is 727. The van der Waals surface area contributed by atoms with Crippen LogP contribution in [0.5, 0.6) is 5.75 Å². The van der Waals surface area contributed by atoms with Gasteiger partial charge in [-0.2, -0.15) is 5.26 Å². The molecule has 2 N–H and O–H groups in total. The molecule has 5 nitrogen and oxygen atoms in total. The molecule has 1 heterocycles. The molecule has 0 unspecified atom stereocenters. The van der Waals surface area contributed by atoms with Crippen molar-refractivity contribution in [2.45, 2.75) is 44.2 Å². The molecular formula is C17H20N4OS. The zero-order valence-corrected chi connectivity index (χ0v) is 14.4. The van der Waals surface area contributed by atoms with Crippen molar-refractivity contribution in [3.63, 3.8) is 0 Å². The fourth-order valence-electron chi connectivity index (χ4n) is 1.90. The molecular weight excluding hydrogens is 308 g/mol. The minimum Gasteiger partial charge on any atom is -0.487 e. The Kier molecular flexibility index (Phi) is 5.83. The number of anilines is 1. The van der Waals surface area contributed by atoms with Gasteiger partial charge in [-0.15, -0.1) is 0 Å². The second-order valence-electron chi connectivity index (χ2n) is 5.27. The molecule has 0 saturated carbocycles. The zero-order chi connectivity index (χ0) is 16.8. The molecule has 6 heteroatoms. The second-order valence-corrected chi connectivity index (χ2v) is 6.67. The van der Waals surface area contributed by atoms with Crippen molar-refractivity contribution >= 4 is 17.6 Å². The first kappa shape index (κ1) is 17.1. The number of thioether (sulfide) groups is 1. The van der Waals surface area contributed by atoms with E-state index in [4.69, 9.17) is 10.5 Å². The molecule has 0 aliphatic carbocycles. The highest BCUT2D eigenvalue weighted by atomic mass is 32.2. The summed E-state index contributed by atoms with van der Waals surface area (Å²) in [6.45, 7) is 6.39. The maximum Gasteiger partial charge on any atom is 0.190 e. The van der Waals surface area contributed by atoms with Crippen molar-refractivity contribution in [3.05, 3.63) is 41.1 Å².